The summed E-state index contributed by atoms with van der Waals surface area (Å²) in [5.74, 6) is 0. The molecule has 0 bridgehead atoms. The molecule has 0 saturated carbocycles. The van der Waals surface area contributed by atoms with E-state index in [0.29, 0.717) is 6.10 Å². The van der Waals surface area contributed by atoms with Crippen LogP contribution in [0, 0.1) is 0 Å². The molecule has 0 aromatic carbocycles. The van der Waals surface area contributed by atoms with Crippen molar-refractivity contribution in [1.82, 2.24) is 0 Å². The number of rotatable bonds is 15. The molecule has 0 rings (SSSR count). The van der Waals surface area contributed by atoms with Gasteiger partial charge in [0.05, 0.1) is 6.10 Å². The van der Waals surface area contributed by atoms with Gasteiger partial charge in [-0.25, -0.2) is 0 Å². The molecule has 0 aliphatic carbocycles. The second kappa shape index (κ2) is 16.0. The van der Waals surface area contributed by atoms with Crippen LogP contribution in [-0.4, -0.2) is 12.7 Å². The van der Waals surface area contributed by atoms with Crippen LogP contribution in [0.3, 0.4) is 0 Å². The molecular formula is C18H38O. The van der Waals surface area contributed by atoms with Gasteiger partial charge >= 0.3 is 0 Å². The van der Waals surface area contributed by atoms with E-state index < -0.39 is 0 Å². The second-order valence-corrected chi connectivity index (χ2v) is 5.87. The SMILES string of the molecule is CCCCCCCCCCCCC(CC)OCCC. The fourth-order valence-corrected chi connectivity index (χ4v) is 2.55. The van der Waals surface area contributed by atoms with Gasteiger partial charge in [-0.2, -0.15) is 0 Å². The Morgan fingerprint density at radius 1 is 0.632 bits per heavy atom. The third kappa shape index (κ3) is 14.2. The van der Waals surface area contributed by atoms with Gasteiger partial charge in [0.15, 0.2) is 0 Å². The van der Waals surface area contributed by atoms with Crippen LogP contribution in [-0.2, 0) is 4.74 Å². The van der Waals surface area contributed by atoms with E-state index in [4.69, 9.17) is 4.74 Å². The summed E-state index contributed by atoms with van der Waals surface area (Å²) in [5.41, 5.74) is 0. The van der Waals surface area contributed by atoms with Gasteiger partial charge in [0.1, 0.15) is 0 Å². The Kier molecular flexibility index (Phi) is 16.0. The number of hydrogen-bond donors (Lipinski definition) is 0. The minimum atomic E-state index is 0.522. The van der Waals surface area contributed by atoms with Crippen molar-refractivity contribution in [1.29, 1.82) is 0 Å². The lowest BCUT2D eigenvalue weighted by molar-refractivity contribution is 0.0436. The summed E-state index contributed by atoms with van der Waals surface area (Å²) in [5, 5.41) is 0. The summed E-state index contributed by atoms with van der Waals surface area (Å²) in [6, 6.07) is 0. The molecule has 0 heterocycles. The Labute approximate surface area is 122 Å². The van der Waals surface area contributed by atoms with Crippen LogP contribution in [0.15, 0.2) is 0 Å². The van der Waals surface area contributed by atoms with Crippen LogP contribution in [0.1, 0.15) is 104 Å². The van der Waals surface area contributed by atoms with Gasteiger partial charge in [-0.1, -0.05) is 85.0 Å². The van der Waals surface area contributed by atoms with Crippen LogP contribution in [0.2, 0.25) is 0 Å². The number of unbranched alkanes of at least 4 members (excludes halogenated alkanes) is 9. The van der Waals surface area contributed by atoms with Crippen molar-refractivity contribution < 1.29 is 4.74 Å². The molecule has 19 heavy (non-hydrogen) atoms. The second-order valence-electron chi connectivity index (χ2n) is 5.87. The lowest BCUT2D eigenvalue weighted by Crippen LogP contribution is -2.12. The highest BCUT2D eigenvalue weighted by atomic mass is 16.5. The molecule has 0 fully saturated rings. The van der Waals surface area contributed by atoms with Crippen molar-refractivity contribution in [2.45, 2.75) is 110 Å². The Morgan fingerprint density at radius 3 is 1.63 bits per heavy atom. The minimum absolute atomic E-state index is 0.522. The van der Waals surface area contributed by atoms with Crippen LogP contribution in [0.5, 0.6) is 0 Å². The Balaban J connectivity index is 3.16. The van der Waals surface area contributed by atoms with E-state index in [9.17, 15) is 0 Å². The molecule has 0 saturated heterocycles. The molecule has 0 spiro atoms. The van der Waals surface area contributed by atoms with Crippen LogP contribution in [0.25, 0.3) is 0 Å². The van der Waals surface area contributed by atoms with Gasteiger partial charge in [0.25, 0.3) is 0 Å². The zero-order valence-electron chi connectivity index (χ0n) is 13.9. The largest absolute Gasteiger partial charge is 0.378 e. The van der Waals surface area contributed by atoms with E-state index in [2.05, 4.69) is 20.8 Å². The highest BCUT2D eigenvalue weighted by Gasteiger charge is 2.05. The van der Waals surface area contributed by atoms with Gasteiger partial charge < -0.3 is 4.74 Å². The van der Waals surface area contributed by atoms with Gasteiger partial charge in [-0.15, -0.1) is 0 Å². The zero-order chi connectivity index (χ0) is 14.2. The standard InChI is InChI=1S/C18H38O/c1-4-7-8-9-10-11-12-13-14-15-16-18(6-3)19-17-5-2/h18H,4-17H2,1-3H3. The minimum Gasteiger partial charge on any atom is -0.378 e. The maximum Gasteiger partial charge on any atom is 0.0572 e. The fourth-order valence-electron chi connectivity index (χ4n) is 2.55. The van der Waals surface area contributed by atoms with Gasteiger partial charge in [-0.05, 0) is 19.3 Å². The van der Waals surface area contributed by atoms with E-state index in [-0.39, 0.29) is 0 Å². The maximum absolute atomic E-state index is 5.82. The van der Waals surface area contributed by atoms with E-state index in [1.165, 1.54) is 77.0 Å². The summed E-state index contributed by atoms with van der Waals surface area (Å²) in [7, 11) is 0. The van der Waals surface area contributed by atoms with E-state index >= 15 is 0 Å². The topological polar surface area (TPSA) is 9.23 Å². The highest BCUT2D eigenvalue weighted by molar-refractivity contribution is 4.56. The Hall–Kier alpha value is -0.0400. The lowest BCUT2D eigenvalue weighted by Gasteiger charge is -2.15. The quantitative estimate of drug-likeness (QED) is 0.308. The van der Waals surface area contributed by atoms with Crippen molar-refractivity contribution in [3.05, 3.63) is 0 Å². The van der Waals surface area contributed by atoms with E-state index in [1.54, 1.807) is 0 Å². The van der Waals surface area contributed by atoms with Crippen LogP contribution >= 0.6 is 0 Å². The first-order chi connectivity index (χ1) is 9.35. The molecule has 0 aromatic rings. The third-order valence-electron chi connectivity index (χ3n) is 3.89. The molecule has 1 nitrogen and oxygen atoms in total. The average Bonchev–Trinajstić information content (AvgIpc) is 2.44. The van der Waals surface area contributed by atoms with Crippen molar-refractivity contribution in [2.75, 3.05) is 6.61 Å². The molecule has 1 atom stereocenters. The molecule has 0 amide bonds. The smallest absolute Gasteiger partial charge is 0.0572 e. The van der Waals surface area contributed by atoms with Crippen molar-refractivity contribution in [3.63, 3.8) is 0 Å². The van der Waals surface area contributed by atoms with Crippen LogP contribution in [0.4, 0.5) is 0 Å². The molecular weight excluding hydrogens is 232 g/mol. The predicted octanol–water partition coefficient (Wildman–Crippen LogP) is 6.50. The van der Waals surface area contributed by atoms with Crippen molar-refractivity contribution in [3.8, 4) is 0 Å². The monoisotopic (exact) mass is 270 g/mol. The molecule has 0 radical (unpaired) electrons. The van der Waals surface area contributed by atoms with Gasteiger partial charge in [0.2, 0.25) is 0 Å². The molecule has 0 N–H and O–H groups in total. The van der Waals surface area contributed by atoms with Crippen molar-refractivity contribution in [2.24, 2.45) is 0 Å². The molecule has 1 heteroatoms. The Bertz CT molecular complexity index is 156. The van der Waals surface area contributed by atoms with E-state index in [0.717, 1.165) is 13.0 Å². The maximum atomic E-state index is 5.82. The van der Waals surface area contributed by atoms with Crippen LogP contribution < -0.4 is 0 Å². The predicted molar refractivity (Wildman–Crippen MR) is 86.8 cm³/mol. The summed E-state index contributed by atoms with van der Waals surface area (Å²) < 4.78 is 5.82. The Morgan fingerprint density at radius 2 is 1.16 bits per heavy atom. The molecule has 0 aromatic heterocycles. The number of ether oxygens (including phenoxy) is 1. The summed E-state index contributed by atoms with van der Waals surface area (Å²) in [6.45, 7) is 7.66. The third-order valence-corrected chi connectivity index (χ3v) is 3.89. The van der Waals surface area contributed by atoms with Crippen molar-refractivity contribution >= 4 is 0 Å². The molecule has 1 unspecified atom stereocenters. The van der Waals surface area contributed by atoms with E-state index in [1.807, 2.05) is 0 Å². The summed E-state index contributed by atoms with van der Waals surface area (Å²) >= 11 is 0. The lowest BCUT2D eigenvalue weighted by atomic mass is 10.0. The average molecular weight is 271 g/mol. The van der Waals surface area contributed by atoms with Gasteiger partial charge in [0, 0.05) is 6.61 Å². The summed E-state index contributed by atoms with van der Waals surface area (Å²) in [6.07, 6.45) is 18.3. The van der Waals surface area contributed by atoms with Gasteiger partial charge in [-0.3, -0.25) is 0 Å². The highest BCUT2D eigenvalue weighted by Crippen LogP contribution is 2.14. The number of hydrogen-bond acceptors (Lipinski definition) is 1. The first kappa shape index (κ1) is 19.0. The first-order valence-corrected chi connectivity index (χ1v) is 8.96. The molecule has 0 aliphatic heterocycles. The zero-order valence-corrected chi connectivity index (χ0v) is 13.9. The fraction of sp³-hybridized carbons (Fsp3) is 1.00. The molecule has 116 valence electrons. The first-order valence-electron chi connectivity index (χ1n) is 8.96. The summed E-state index contributed by atoms with van der Waals surface area (Å²) in [4.78, 5) is 0. The normalized spacial score (nSPS) is 12.8. The molecule has 0 aliphatic rings.